The maximum atomic E-state index is 2.75. The molecule has 0 aromatic rings. The van der Waals surface area contributed by atoms with Crippen LogP contribution in [0, 0.1) is 0 Å². The molecule has 0 bridgehead atoms. The molecule has 0 saturated heterocycles. The standard InChI is InChI=1S/2C5H9.2C2H6N.Sn/c2*1-2-4-5-3-1;2*1-3-2;/h2*1H,2-5H2;2*1-2H3;/q;;2*-1;+2. The summed E-state index contributed by atoms with van der Waals surface area (Å²) < 4.78 is 7.69. The molecule has 0 spiro atoms. The van der Waals surface area contributed by atoms with Gasteiger partial charge in [0.15, 0.2) is 0 Å². The van der Waals surface area contributed by atoms with E-state index in [1.54, 1.807) is 0 Å². The fourth-order valence-electron chi connectivity index (χ4n) is 4.90. The average Bonchev–Trinajstić information content (AvgIpc) is 2.88. The first-order chi connectivity index (χ1) is 8.10. The summed E-state index contributed by atoms with van der Waals surface area (Å²) in [7, 11) is 9.58. The van der Waals surface area contributed by atoms with Crippen LogP contribution >= 0.6 is 0 Å². The molecular formula is C14H30N2Sn. The van der Waals surface area contributed by atoms with Gasteiger partial charge in [0.25, 0.3) is 0 Å². The van der Waals surface area contributed by atoms with Gasteiger partial charge in [0.1, 0.15) is 0 Å². The van der Waals surface area contributed by atoms with Crippen LogP contribution in [0.15, 0.2) is 0 Å². The van der Waals surface area contributed by atoms with Crippen LogP contribution in [0.2, 0.25) is 7.87 Å². The molecule has 0 aromatic heterocycles. The maximum absolute atomic E-state index is 2.75. The molecule has 2 aliphatic carbocycles. The van der Waals surface area contributed by atoms with E-state index < -0.39 is 18.9 Å². The Balaban J connectivity index is 2.30. The summed E-state index contributed by atoms with van der Waals surface area (Å²) in [6.45, 7) is 0. The molecule has 0 aromatic carbocycles. The Bertz CT molecular complexity index is 215. The van der Waals surface area contributed by atoms with Crippen molar-refractivity contribution in [1.29, 1.82) is 0 Å². The van der Waals surface area contributed by atoms with Crippen molar-refractivity contribution in [2.45, 2.75) is 59.2 Å². The molecule has 0 radical (unpaired) electrons. The van der Waals surface area contributed by atoms with Crippen molar-refractivity contribution in [1.82, 2.24) is 6.24 Å². The van der Waals surface area contributed by atoms with Crippen molar-refractivity contribution < 1.29 is 0 Å². The Morgan fingerprint density at radius 3 is 1.18 bits per heavy atom. The van der Waals surface area contributed by atoms with Crippen LogP contribution in [0.25, 0.3) is 0 Å². The molecule has 0 unspecified atom stereocenters. The third-order valence-electron chi connectivity index (χ3n) is 5.34. The second-order valence-electron chi connectivity index (χ2n) is 6.53. The summed E-state index contributed by atoms with van der Waals surface area (Å²) >= 11 is -2.31. The Kier molecular flexibility index (Phi) is 4.81. The minimum atomic E-state index is -2.31. The van der Waals surface area contributed by atoms with Gasteiger partial charge in [0.2, 0.25) is 0 Å². The fourth-order valence-corrected chi connectivity index (χ4v) is 24.6. The van der Waals surface area contributed by atoms with Crippen molar-refractivity contribution in [3.05, 3.63) is 0 Å². The molecule has 2 nitrogen and oxygen atoms in total. The van der Waals surface area contributed by atoms with Gasteiger partial charge in [-0.3, -0.25) is 0 Å². The summed E-state index contributed by atoms with van der Waals surface area (Å²) in [5.74, 6) is 0. The molecule has 0 atom stereocenters. The third kappa shape index (κ3) is 2.42. The summed E-state index contributed by atoms with van der Waals surface area (Å²) in [4.78, 5) is 0. The second kappa shape index (κ2) is 5.79. The van der Waals surface area contributed by atoms with E-state index in [0.717, 1.165) is 7.87 Å². The van der Waals surface area contributed by atoms with Gasteiger partial charge >= 0.3 is 113 Å². The summed E-state index contributed by atoms with van der Waals surface area (Å²) in [5, 5.41) is 0. The third-order valence-corrected chi connectivity index (χ3v) is 23.7. The Morgan fingerprint density at radius 2 is 0.941 bits per heavy atom. The molecular weight excluding hydrogens is 315 g/mol. The molecule has 2 fully saturated rings. The van der Waals surface area contributed by atoms with Crippen LogP contribution in [0.5, 0.6) is 0 Å². The topological polar surface area (TPSA) is 6.48 Å². The van der Waals surface area contributed by atoms with Gasteiger partial charge in [-0.1, -0.05) is 0 Å². The SMILES string of the molecule is C[N](C)[Sn]([CH]1CCCC1)([CH]1CCCC1)[N](C)C. The van der Waals surface area contributed by atoms with Crippen molar-refractivity contribution in [2.75, 3.05) is 28.2 Å². The first-order valence-corrected chi connectivity index (χ1v) is 13.3. The molecule has 0 aliphatic heterocycles. The predicted molar refractivity (Wildman–Crippen MR) is 77.6 cm³/mol. The number of hydrogen-bond acceptors (Lipinski definition) is 2. The molecule has 2 rings (SSSR count). The van der Waals surface area contributed by atoms with E-state index in [1.807, 2.05) is 0 Å². The fraction of sp³-hybridized carbons (Fsp3) is 1.00. The van der Waals surface area contributed by atoms with Crippen molar-refractivity contribution in [3.63, 3.8) is 0 Å². The molecule has 0 heterocycles. The number of nitrogens with zero attached hydrogens (tertiary/aromatic N) is 2. The molecule has 0 amide bonds. The molecule has 2 aliphatic rings. The van der Waals surface area contributed by atoms with E-state index >= 15 is 0 Å². The van der Waals surface area contributed by atoms with Crippen LogP contribution in [0.4, 0.5) is 0 Å². The van der Waals surface area contributed by atoms with E-state index in [-0.39, 0.29) is 0 Å². The van der Waals surface area contributed by atoms with E-state index in [2.05, 4.69) is 34.4 Å². The van der Waals surface area contributed by atoms with Crippen molar-refractivity contribution in [2.24, 2.45) is 0 Å². The number of rotatable bonds is 4. The zero-order valence-corrected chi connectivity index (χ0v) is 15.1. The quantitative estimate of drug-likeness (QED) is 0.721. The van der Waals surface area contributed by atoms with Crippen molar-refractivity contribution in [3.8, 4) is 0 Å². The molecule has 2 saturated carbocycles. The minimum absolute atomic E-state index is 1.09. The Morgan fingerprint density at radius 1 is 0.647 bits per heavy atom. The predicted octanol–water partition coefficient (Wildman–Crippen LogP) is 3.44. The van der Waals surface area contributed by atoms with Gasteiger partial charge in [0.05, 0.1) is 0 Å². The first kappa shape index (κ1) is 14.1. The summed E-state index contributed by atoms with van der Waals surface area (Å²) in [6, 6.07) is 0. The first-order valence-electron chi connectivity index (χ1n) is 7.45. The summed E-state index contributed by atoms with van der Waals surface area (Å²) in [6.07, 6.45) is 12.1. The zero-order chi connectivity index (χ0) is 12.5. The van der Waals surface area contributed by atoms with E-state index in [0.29, 0.717) is 0 Å². The summed E-state index contributed by atoms with van der Waals surface area (Å²) in [5.41, 5.74) is 0. The second-order valence-corrected chi connectivity index (χ2v) is 20.8. The van der Waals surface area contributed by atoms with Gasteiger partial charge < -0.3 is 0 Å². The van der Waals surface area contributed by atoms with Crippen LogP contribution in [-0.4, -0.2) is 53.4 Å². The molecule has 0 N–H and O–H groups in total. The van der Waals surface area contributed by atoms with Crippen LogP contribution in [0.3, 0.4) is 0 Å². The average molecular weight is 345 g/mol. The molecule has 17 heavy (non-hydrogen) atoms. The monoisotopic (exact) mass is 346 g/mol. The van der Waals surface area contributed by atoms with Crippen molar-refractivity contribution >= 4 is 18.9 Å². The van der Waals surface area contributed by atoms with Crippen LogP contribution in [0.1, 0.15) is 51.4 Å². The number of hydrogen-bond donors (Lipinski definition) is 0. The normalized spacial score (nSPS) is 24.4. The van der Waals surface area contributed by atoms with Gasteiger partial charge in [-0.25, -0.2) is 0 Å². The van der Waals surface area contributed by atoms with Gasteiger partial charge in [0, 0.05) is 0 Å². The van der Waals surface area contributed by atoms with Gasteiger partial charge in [-0.2, -0.15) is 0 Å². The Hall–Kier alpha value is 0.719. The van der Waals surface area contributed by atoms with E-state index in [1.165, 1.54) is 51.4 Å². The van der Waals surface area contributed by atoms with Gasteiger partial charge in [-0.05, 0) is 0 Å². The van der Waals surface area contributed by atoms with Crippen LogP contribution < -0.4 is 0 Å². The van der Waals surface area contributed by atoms with E-state index in [9.17, 15) is 0 Å². The van der Waals surface area contributed by atoms with Crippen LogP contribution in [-0.2, 0) is 0 Å². The Labute approximate surface area is 112 Å². The molecule has 3 heteroatoms. The zero-order valence-electron chi connectivity index (χ0n) is 12.2. The van der Waals surface area contributed by atoms with E-state index in [4.69, 9.17) is 0 Å². The van der Waals surface area contributed by atoms with Gasteiger partial charge in [-0.15, -0.1) is 0 Å². The molecule has 100 valence electrons.